The summed E-state index contributed by atoms with van der Waals surface area (Å²) in [6.07, 6.45) is 2.94. The quantitative estimate of drug-likeness (QED) is 0.848. The zero-order valence-corrected chi connectivity index (χ0v) is 11.9. The second kappa shape index (κ2) is 6.38. The molecule has 0 bridgehead atoms. The first-order valence-electron chi connectivity index (χ1n) is 6.66. The van der Waals surface area contributed by atoms with Crippen molar-refractivity contribution < 1.29 is 0 Å². The minimum atomic E-state index is -0.0396. The van der Waals surface area contributed by atoms with Crippen molar-refractivity contribution in [3.05, 3.63) is 27.2 Å². The average Bonchev–Trinajstić information content (AvgIpc) is 2.90. The first kappa shape index (κ1) is 13.6. The van der Waals surface area contributed by atoms with Crippen LogP contribution in [0.15, 0.2) is 4.79 Å². The predicted octanol–water partition coefficient (Wildman–Crippen LogP) is 1.49. The van der Waals surface area contributed by atoms with Crippen LogP contribution in [0.25, 0.3) is 0 Å². The monoisotopic (exact) mass is 267 g/mol. The van der Waals surface area contributed by atoms with Crippen LogP contribution in [0.1, 0.15) is 37.1 Å². The number of nitrogens with one attached hydrogen (secondary N) is 2. The van der Waals surface area contributed by atoms with Crippen LogP contribution >= 0.6 is 11.8 Å². The van der Waals surface area contributed by atoms with Crippen LogP contribution < -0.4 is 10.9 Å². The molecule has 1 aromatic heterocycles. The largest absolute Gasteiger partial charge is 0.309 e. The number of hydrogen-bond acceptors (Lipinski definition) is 4. The Morgan fingerprint density at radius 3 is 2.83 bits per heavy atom. The molecule has 1 aromatic rings. The minimum absolute atomic E-state index is 0.0396. The van der Waals surface area contributed by atoms with Gasteiger partial charge >= 0.3 is 0 Å². The fourth-order valence-corrected chi connectivity index (χ4v) is 3.59. The summed E-state index contributed by atoms with van der Waals surface area (Å²) in [6, 6.07) is 0.553. The predicted molar refractivity (Wildman–Crippen MR) is 76.2 cm³/mol. The zero-order valence-electron chi connectivity index (χ0n) is 11.1. The van der Waals surface area contributed by atoms with Crippen molar-refractivity contribution in [3.8, 4) is 0 Å². The van der Waals surface area contributed by atoms with Crippen LogP contribution in [0.3, 0.4) is 0 Å². The first-order chi connectivity index (χ1) is 8.76. The van der Waals surface area contributed by atoms with E-state index in [1.54, 1.807) is 0 Å². The topological polar surface area (TPSA) is 57.8 Å². The average molecular weight is 267 g/mol. The summed E-state index contributed by atoms with van der Waals surface area (Å²) in [5.41, 5.74) is 2.98. The van der Waals surface area contributed by atoms with E-state index >= 15 is 0 Å². The second-order valence-electron chi connectivity index (χ2n) is 4.61. The summed E-state index contributed by atoms with van der Waals surface area (Å²) >= 11 is 1.98. The molecule has 2 rings (SSSR count). The van der Waals surface area contributed by atoms with Gasteiger partial charge in [0, 0.05) is 23.9 Å². The molecule has 0 saturated carbocycles. The van der Waals surface area contributed by atoms with E-state index in [0.717, 1.165) is 35.4 Å². The van der Waals surface area contributed by atoms with Crippen molar-refractivity contribution in [2.24, 2.45) is 0 Å². The van der Waals surface area contributed by atoms with Gasteiger partial charge in [0.15, 0.2) is 0 Å². The third-order valence-electron chi connectivity index (χ3n) is 3.46. The Hall–Kier alpha value is -0.810. The number of rotatable bonds is 5. The van der Waals surface area contributed by atoms with Crippen LogP contribution in [-0.2, 0) is 19.4 Å². The Bertz CT molecular complexity index is 452. The molecule has 1 saturated heterocycles. The molecule has 5 heteroatoms. The van der Waals surface area contributed by atoms with Crippen molar-refractivity contribution in [2.45, 2.75) is 45.7 Å². The lowest BCUT2D eigenvalue weighted by Crippen LogP contribution is -2.32. The standard InChI is InChI=1S/C13H21N3OS/c1-3-10-11(7-14-9-5-6-18-8-9)13(17)16-15-12(10)4-2/h9,14H,3-8H2,1-2H3,(H,16,17)/t9-/m1/s1. The summed E-state index contributed by atoms with van der Waals surface area (Å²) in [6.45, 7) is 4.83. The van der Waals surface area contributed by atoms with Crippen LogP contribution in [-0.4, -0.2) is 27.7 Å². The molecule has 2 N–H and O–H groups in total. The van der Waals surface area contributed by atoms with Gasteiger partial charge in [0.25, 0.3) is 5.56 Å². The number of nitrogens with zero attached hydrogens (tertiary/aromatic N) is 1. The van der Waals surface area contributed by atoms with Crippen LogP contribution in [0.2, 0.25) is 0 Å². The lowest BCUT2D eigenvalue weighted by Gasteiger charge is -2.14. The van der Waals surface area contributed by atoms with Crippen LogP contribution in [0.4, 0.5) is 0 Å². The van der Waals surface area contributed by atoms with Gasteiger partial charge in [-0.3, -0.25) is 4.79 Å². The fourth-order valence-electron chi connectivity index (χ4n) is 2.40. The Kier molecular flexibility index (Phi) is 4.83. The van der Waals surface area contributed by atoms with Crippen molar-refractivity contribution in [3.63, 3.8) is 0 Å². The van der Waals surface area contributed by atoms with Gasteiger partial charge in [-0.2, -0.15) is 16.9 Å². The third-order valence-corrected chi connectivity index (χ3v) is 4.63. The van der Waals surface area contributed by atoms with Crippen LogP contribution in [0.5, 0.6) is 0 Å². The molecule has 0 amide bonds. The second-order valence-corrected chi connectivity index (χ2v) is 5.75. The SMILES string of the molecule is CCc1n[nH]c(=O)c(CN[C@@H]2CCSC2)c1CC. The highest BCUT2D eigenvalue weighted by Gasteiger charge is 2.17. The molecule has 100 valence electrons. The fraction of sp³-hybridized carbons (Fsp3) is 0.692. The molecule has 0 aliphatic carbocycles. The molecule has 0 spiro atoms. The lowest BCUT2D eigenvalue weighted by atomic mass is 10.0. The van der Waals surface area contributed by atoms with Gasteiger partial charge in [0.2, 0.25) is 0 Å². The molecule has 0 unspecified atom stereocenters. The normalized spacial score (nSPS) is 19.3. The van der Waals surface area contributed by atoms with E-state index in [-0.39, 0.29) is 5.56 Å². The van der Waals surface area contributed by atoms with Crippen molar-refractivity contribution in [1.82, 2.24) is 15.5 Å². The number of aryl methyl sites for hydroxylation is 1. The van der Waals surface area contributed by atoms with E-state index in [2.05, 4.69) is 29.4 Å². The number of H-pyrrole nitrogens is 1. The molecule has 1 fully saturated rings. The minimum Gasteiger partial charge on any atom is -0.309 e. The smallest absolute Gasteiger partial charge is 0.268 e. The molecule has 2 heterocycles. The summed E-state index contributed by atoms with van der Waals surface area (Å²) in [5.74, 6) is 2.39. The maximum atomic E-state index is 11.9. The summed E-state index contributed by atoms with van der Waals surface area (Å²) in [4.78, 5) is 11.9. The van der Waals surface area contributed by atoms with E-state index in [0.29, 0.717) is 12.6 Å². The van der Waals surface area contributed by atoms with Crippen LogP contribution in [0, 0.1) is 0 Å². The van der Waals surface area contributed by atoms with E-state index in [9.17, 15) is 4.79 Å². The molecule has 18 heavy (non-hydrogen) atoms. The molecule has 1 atom stereocenters. The van der Waals surface area contributed by atoms with Gasteiger partial charge in [0.05, 0.1) is 5.69 Å². The molecule has 4 nitrogen and oxygen atoms in total. The van der Waals surface area contributed by atoms with Gasteiger partial charge in [0.1, 0.15) is 0 Å². The Morgan fingerprint density at radius 1 is 1.39 bits per heavy atom. The molecule has 0 radical (unpaired) electrons. The Balaban J connectivity index is 2.16. The summed E-state index contributed by atoms with van der Waals surface area (Å²) in [5, 5.41) is 10.3. The van der Waals surface area contributed by atoms with Gasteiger partial charge in [-0.15, -0.1) is 0 Å². The van der Waals surface area contributed by atoms with Gasteiger partial charge in [-0.1, -0.05) is 13.8 Å². The van der Waals surface area contributed by atoms with Gasteiger partial charge < -0.3 is 5.32 Å². The Morgan fingerprint density at radius 2 is 2.22 bits per heavy atom. The van der Waals surface area contributed by atoms with Gasteiger partial charge in [-0.25, -0.2) is 5.10 Å². The summed E-state index contributed by atoms with van der Waals surface area (Å²) in [7, 11) is 0. The maximum absolute atomic E-state index is 11.9. The molecule has 1 aliphatic rings. The highest BCUT2D eigenvalue weighted by Crippen LogP contribution is 2.18. The first-order valence-corrected chi connectivity index (χ1v) is 7.82. The number of aromatic nitrogens is 2. The van der Waals surface area contributed by atoms with Crippen molar-refractivity contribution in [2.75, 3.05) is 11.5 Å². The van der Waals surface area contributed by atoms with E-state index < -0.39 is 0 Å². The Labute approximate surface area is 112 Å². The van der Waals surface area contributed by atoms with Crippen molar-refractivity contribution >= 4 is 11.8 Å². The molecule has 0 aromatic carbocycles. The van der Waals surface area contributed by atoms with E-state index in [1.807, 2.05) is 11.8 Å². The number of hydrogen-bond donors (Lipinski definition) is 2. The highest BCUT2D eigenvalue weighted by atomic mass is 32.2. The highest BCUT2D eigenvalue weighted by molar-refractivity contribution is 7.99. The van der Waals surface area contributed by atoms with Gasteiger partial charge in [-0.05, 0) is 30.6 Å². The molecular weight excluding hydrogens is 246 g/mol. The summed E-state index contributed by atoms with van der Waals surface area (Å²) < 4.78 is 0. The lowest BCUT2D eigenvalue weighted by molar-refractivity contribution is 0.551. The number of thioether (sulfide) groups is 1. The van der Waals surface area contributed by atoms with E-state index in [1.165, 1.54) is 12.2 Å². The molecule has 1 aliphatic heterocycles. The number of aromatic amines is 1. The molecular formula is C13H21N3OS. The maximum Gasteiger partial charge on any atom is 0.268 e. The third kappa shape index (κ3) is 2.95. The zero-order chi connectivity index (χ0) is 13.0. The van der Waals surface area contributed by atoms with Crippen molar-refractivity contribution in [1.29, 1.82) is 0 Å². The van der Waals surface area contributed by atoms with E-state index in [4.69, 9.17) is 0 Å².